The molecule has 0 aliphatic rings. The van der Waals surface area contributed by atoms with Crippen LogP contribution in [0, 0.1) is 6.92 Å². The van der Waals surface area contributed by atoms with Gasteiger partial charge in [-0.15, -0.1) is 0 Å². The number of hydrogen-bond donors (Lipinski definition) is 4. The Bertz CT molecular complexity index is 949. The molecule has 1 aromatic heterocycles. The van der Waals surface area contributed by atoms with E-state index in [1.807, 2.05) is 0 Å². The normalized spacial score (nSPS) is 12.4. The number of pyridine rings is 1. The number of aromatic nitrogens is 1. The van der Waals surface area contributed by atoms with Crippen molar-refractivity contribution in [2.75, 3.05) is 13.1 Å². The van der Waals surface area contributed by atoms with Crippen LogP contribution in [0.1, 0.15) is 29.2 Å². The van der Waals surface area contributed by atoms with Crippen LogP contribution in [0.4, 0.5) is 0 Å². The lowest BCUT2D eigenvalue weighted by molar-refractivity contribution is 0.176. The number of phenolic OH excluding ortho intramolecular Hbond substituents is 1. The van der Waals surface area contributed by atoms with Gasteiger partial charge in [-0.25, -0.2) is 0 Å². The van der Waals surface area contributed by atoms with E-state index in [0.717, 1.165) is 19.4 Å². The van der Waals surface area contributed by atoms with Gasteiger partial charge < -0.3 is 20.5 Å². The topological polar surface area (TPSA) is 85.3 Å². The number of hydrogen-bond acceptors (Lipinski definition) is 4. The third-order valence-corrected chi connectivity index (χ3v) is 4.50. The molecule has 5 nitrogen and oxygen atoms in total. The minimum absolute atomic E-state index is 0.000219. The molecule has 136 valence electrons. The summed E-state index contributed by atoms with van der Waals surface area (Å²) in [6.07, 6.45) is 1.26. The fourth-order valence-corrected chi connectivity index (χ4v) is 3.18. The molecule has 0 aliphatic heterocycles. The van der Waals surface area contributed by atoms with Crippen LogP contribution >= 0.6 is 0 Å². The Morgan fingerprint density at radius 2 is 2.00 bits per heavy atom. The first-order valence-electron chi connectivity index (χ1n) is 8.84. The maximum absolute atomic E-state index is 11.5. The number of rotatable bonds is 7. The summed E-state index contributed by atoms with van der Waals surface area (Å²) in [6.45, 7) is 3.30. The number of benzene rings is 2. The van der Waals surface area contributed by atoms with Gasteiger partial charge in [-0.3, -0.25) is 4.79 Å². The minimum Gasteiger partial charge on any atom is -0.506 e. The Morgan fingerprint density at radius 1 is 1.15 bits per heavy atom. The van der Waals surface area contributed by atoms with E-state index in [2.05, 4.69) is 41.5 Å². The molecule has 1 heterocycles. The van der Waals surface area contributed by atoms with Crippen LogP contribution in [0.5, 0.6) is 5.75 Å². The summed E-state index contributed by atoms with van der Waals surface area (Å²) in [6, 6.07) is 14.7. The second-order valence-electron chi connectivity index (χ2n) is 6.60. The Kier molecular flexibility index (Phi) is 5.71. The van der Waals surface area contributed by atoms with Gasteiger partial charge in [0.25, 0.3) is 0 Å². The molecule has 0 amide bonds. The first kappa shape index (κ1) is 18.2. The Hall–Kier alpha value is -2.63. The predicted molar refractivity (Wildman–Crippen MR) is 104 cm³/mol. The second kappa shape index (κ2) is 8.17. The summed E-state index contributed by atoms with van der Waals surface area (Å²) in [7, 11) is 0. The van der Waals surface area contributed by atoms with E-state index in [-0.39, 0.29) is 11.3 Å². The molecule has 0 spiro atoms. The number of nitrogens with one attached hydrogen (secondary N) is 2. The van der Waals surface area contributed by atoms with Gasteiger partial charge >= 0.3 is 0 Å². The van der Waals surface area contributed by atoms with Crippen molar-refractivity contribution in [3.05, 3.63) is 75.6 Å². The number of aromatic amines is 1. The predicted octanol–water partition coefficient (Wildman–Crippen LogP) is 2.80. The molecule has 0 aliphatic carbocycles. The summed E-state index contributed by atoms with van der Waals surface area (Å²) < 4.78 is 0. The first-order chi connectivity index (χ1) is 12.5. The van der Waals surface area contributed by atoms with Crippen molar-refractivity contribution in [3.8, 4) is 5.75 Å². The van der Waals surface area contributed by atoms with E-state index in [9.17, 15) is 15.0 Å². The molecule has 2 aromatic carbocycles. The van der Waals surface area contributed by atoms with Crippen molar-refractivity contribution in [1.82, 2.24) is 10.3 Å². The second-order valence-corrected chi connectivity index (χ2v) is 6.60. The molecule has 3 aromatic rings. The van der Waals surface area contributed by atoms with Gasteiger partial charge in [0.15, 0.2) is 0 Å². The molecule has 1 unspecified atom stereocenters. The highest BCUT2D eigenvalue weighted by molar-refractivity contribution is 5.87. The van der Waals surface area contributed by atoms with Crippen LogP contribution in [-0.4, -0.2) is 28.3 Å². The lowest BCUT2D eigenvalue weighted by Gasteiger charge is -2.15. The number of aliphatic hydroxyl groups is 1. The average molecular weight is 352 g/mol. The van der Waals surface area contributed by atoms with Gasteiger partial charge in [-0.05, 0) is 49.6 Å². The molecule has 0 bridgehead atoms. The number of aliphatic hydroxyl groups excluding tert-OH is 1. The maximum atomic E-state index is 11.5. The fourth-order valence-electron chi connectivity index (χ4n) is 3.18. The van der Waals surface area contributed by atoms with Gasteiger partial charge in [0.2, 0.25) is 5.56 Å². The highest BCUT2D eigenvalue weighted by Crippen LogP contribution is 2.28. The molecule has 1 atom stereocenters. The van der Waals surface area contributed by atoms with Crippen molar-refractivity contribution in [2.45, 2.75) is 25.9 Å². The Morgan fingerprint density at radius 3 is 2.81 bits per heavy atom. The molecular weight excluding hydrogens is 328 g/mol. The Labute approximate surface area is 152 Å². The Balaban J connectivity index is 1.57. The van der Waals surface area contributed by atoms with Crippen LogP contribution in [-0.2, 0) is 6.42 Å². The van der Waals surface area contributed by atoms with Crippen LogP contribution in [0.2, 0.25) is 0 Å². The highest BCUT2D eigenvalue weighted by atomic mass is 16.3. The smallest absolute Gasteiger partial charge is 0.248 e. The molecule has 0 saturated heterocycles. The van der Waals surface area contributed by atoms with Gasteiger partial charge in [0.1, 0.15) is 5.75 Å². The van der Waals surface area contributed by atoms with E-state index in [4.69, 9.17) is 0 Å². The van der Waals surface area contributed by atoms with E-state index < -0.39 is 6.10 Å². The maximum Gasteiger partial charge on any atom is 0.248 e. The summed E-state index contributed by atoms with van der Waals surface area (Å²) in [5, 5.41) is 24.3. The van der Waals surface area contributed by atoms with Crippen LogP contribution in [0.3, 0.4) is 0 Å². The van der Waals surface area contributed by atoms with Crippen molar-refractivity contribution >= 4 is 10.9 Å². The van der Waals surface area contributed by atoms with Crippen LogP contribution in [0.15, 0.2) is 53.3 Å². The fraction of sp³-hybridized carbons (Fsp3) is 0.286. The van der Waals surface area contributed by atoms with E-state index in [1.165, 1.54) is 23.3 Å². The molecule has 0 fully saturated rings. The minimum atomic E-state index is -0.719. The van der Waals surface area contributed by atoms with E-state index in [0.29, 0.717) is 23.0 Å². The summed E-state index contributed by atoms with van der Waals surface area (Å²) in [4.78, 5) is 14.1. The summed E-state index contributed by atoms with van der Waals surface area (Å²) in [5.41, 5.74) is 3.34. The third kappa shape index (κ3) is 4.31. The van der Waals surface area contributed by atoms with Gasteiger partial charge in [0, 0.05) is 18.0 Å². The molecule has 3 rings (SSSR count). The number of H-pyrrole nitrogens is 1. The van der Waals surface area contributed by atoms with Gasteiger partial charge in [-0.1, -0.05) is 35.9 Å². The van der Waals surface area contributed by atoms with Crippen molar-refractivity contribution in [2.24, 2.45) is 0 Å². The van der Waals surface area contributed by atoms with Crippen LogP contribution in [0.25, 0.3) is 10.9 Å². The molecule has 5 heteroatoms. The zero-order chi connectivity index (χ0) is 18.5. The molecular formula is C21H24N2O3. The van der Waals surface area contributed by atoms with Gasteiger partial charge in [-0.2, -0.15) is 0 Å². The quantitative estimate of drug-likeness (QED) is 0.493. The SMILES string of the molecule is Cc1cccc(CCCNCC(O)c2ccc(O)c3[nH]c(=O)ccc23)c1. The number of fused-ring (bicyclic) bond motifs is 1. The molecule has 4 N–H and O–H groups in total. The standard InChI is InChI=1S/C21H24N2O3/c1-14-4-2-5-15(12-14)6-3-11-22-13-19(25)16-7-9-18(24)21-17(16)8-10-20(26)23-21/h2,4-5,7-10,12,19,22,24-25H,3,6,11,13H2,1H3,(H,23,26). The largest absolute Gasteiger partial charge is 0.506 e. The van der Waals surface area contributed by atoms with Gasteiger partial charge in [0.05, 0.1) is 11.6 Å². The number of phenols is 1. The zero-order valence-corrected chi connectivity index (χ0v) is 14.8. The molecule has 26 heavy (non-hydrogen) atoms. The lowest BCUT2D eigenvalue weighted by Crippen LogP contribution is -2.23. The number of aromatic hydroxyl groups is 1. The van der Waals surface area contributed by atoms with Crippen molar-refractivity contribution < 1.29 is 10.2 Å². The summed E-state index contributed by atoms with van der Waals surface area (Å²) in [5.74, 6) is -0.000219. The zero-order valence-electron chi connectivity index (χ0n) is 14.8. The van der Waals surface area contributed by atoms with E-state index >= 15 is 0 Å². The third-order valence-electron chi connectivity index (χ3n) is 4.50. The average Bonchev–Trinajstić information content (AvgIpc) is 2.62. The first-order valence-corrected chi connectivity index (χ1v) is 8.84. The van der Waals surface area contributed by atoms with Crippen molar-refractivity contribution in [3.63, 3.8) is 0 Å². The lowest BCUT2D eigenvalue weighted by atomic mass is 10.0. The summed E-state index contributed by atoms with van der Waals surface area (Å²) >= 11 is 0. The monoisotopic (exact) mass is 352 g/mol. The highest BCUT2D eigenvalue weighted by Gasteiger charge is 2.13. The van der Waals surface area contributed by atoms with Crippen molar-refractivity contribution in [1.29, 1.82) is 0 Å². The number of aryl methyl sites for hydroxylation is 2. The van der Waals surface area contributed by atoms with Crippen LogP contribution < -0.4 is 10.9 Å². The molecule has 0 radical (unpaired) electrons. The molecule has 0 saturated carbocycles. The van der Waals surface area contributed by atoms with E-state index in [1.54, 1.807) is 12.1 Å².